The second-order valence-corrected chi connectivity index (χ2v) is 10.6. The minimum absolute atomic E-state index is 0.0867. The Labute approximate surface area is 201 Å². The SMILES string of the molecule is CCC1(n2c(=O)c3c(C)c(CN(NC(=O)OC(C)(C)C)C(N)=O)sc3n(CCOC)c2=O)CC1. The number of thiophene rings is 1. The lowest BCUT2D eigenvalue weighted by atomic mass is 10.1. The van der Waals surface area contributed by atoms with Crippen molar-refractivity contribution < 1.29 is 19.1 Å². The van der Waals surface area contributed by atoms with Gasteiger partial charge in [-0.2, -0.15) is 0 Å². The molecular weight excluding hydrogens is 462 g/mol. The van der Waals surface area contributed by atoms with E-state index in [-0.39, 0.29) is 24.3 Å². The van der Waals surface area contributed by atoms with Crippen LogP contribution in [0.15, 0.2) is 9.59 Å². The number of aryl methyl sites for hydroxylation is 1. The van der Waals surface area contributed by atoms with E-state index in [1.165, 1.54) is 15.9 Å². The summed E-state index contributed by atoms with van der Waals surface area (Å²) in [5.74, 6) is 0. The highest BCUT2D eigenvalue weighted by Crippen LogP contribution is 2.45. The van der Waals surface area contributed by atoms with E-state index in [0.29, 0.717) is 33.7 Å². The zero-order chi connectivity index (χ0) is 25.4. The van der Waals surface area contributed by atoms with Crippen molar-refractivity contribution in [2.45, 2.75) is 78.1 Å². The molecule has 34 heavy (non-hydrogen) atoms. The Morgan fingerprint density at radius 2 is 1.91 bits per heavy atom. The van der Waals surface area contributed by atoms with Crippen LogP contribution in [0, 0.1) is 6.92 Å². The molecule has 188 valence electrons. The van der Waals surface area contributed by atoms with Gasteiger partial charge >= 0.3 is 17.8 Å². The third kappa shape index (κ3) is 4.97. The van der Waals surface area contributed by atoms with E-state index in [4.69, 9.17) is 15.2 Å². The molecule has 3 rings (SSSR count). The number of nitrogens with two attached hydrogens (primary N) is 1. The first kappa shape index (κ1) is 25.8. The van der Waals surface area contributed by atoms with Crippen LogP contribution in [0.4, 0.5) is 9.59 Å². The minimum Gasteiger partial charge on any atom is -0.443 e. The van der Waals surface area contributed by atoms with Crippen molar-refractivity contribution in [3.63, 3.8) is 0 Å². The molecule has 11 nitrogen and oxygen atoms in total. The number of fused-ring (bicyclic) bond motifs is 1. The highest BCUT2D eigenvalue weighted by Gasteiger charge is 2.46. The molecule has 1 fully saturated rings. The molecule has 0 bridgehead atoms. The molecule has 3 amide bonds. The topological polar surface area (TPSA) is 138 Å². The van der Waals surface area contributed by atoms with Crippen molar-refractivity contribution in [2.75, 3.05) is 13.7 Å². The lowest BCUT2D eigenvalue weighted by molar-refractivity contribution is 0.0376. The molecule has 1 saturated carbocycles. The Morgan fingerprint density at radius 3 is 2.41 bits per heavy atom. The molecule has 0 radical (unpaired) electrons. The number of carbonyl (C=O) groups excluding carboxylic acids is 2. The summed E-state index contributed by atoms with van der Waals surface area (Å²) < 4.78 is 13.3. The van der Waals surface area contributed by atoms with Crippen molar-refractivity contribution in [3.8, 4) is 0 Å². The molecule has 0 saturated heterocycles. The molecule has 12 heteroatoms. The lowest BCUT2D eigenvalue weighted by Gasteiger charge is -2.24. The molecule has 0 unspecified atom stereocenters. The van der Waals surface area contributed by atoms with Crippen LogP contribution in [0.3, 0.4) is 0 Å². The van der Waals surface area contributed by atoms with Crippen LogP contribution >= 0.6 is 11.3 Å². The first-order valence-electron chi connectivity index (χ1n) is 11.2. The average molecular weight is 496 g/mol. The molecule has 0 aromatic carbocycles. The van der Waals surface area contributed by atoms with Gasteiger partial charge in [0.1, 0.15) is 10.4 Å². The summed E-state index contributed by atoms with van der Waals surface area (Å²) in [5, 5.41) is 1.35. The maximum atomic E-state index is 13.5. The van der Waals surface area contributed by atoms with Crippen LogP contribution in [0.1, 0.15) is 57.4 Å². The summed E-state index contributed by atoms with van der Waals surface area (Å²) >= 11 is 1.22. The average Bonchev–Trinajstić information content (AvgIpc) is 3.44. The highest BCUT2D eigenvalue weighted by atomic mass is 32.1. The van der Waals surface area contributed by atoms with Crippen LogP contribution in [0.2, 0.25) is 0 Å². The van der Waals surface area contributed by atoms with Gasteiger partial charge in [0.2, 0.25) is 0 Å². The number of nitrogens with one attached hydrogen (secondary N) is 1. The number of primary amides is 1. The molecule has 3 N–H and O–H groups in total. The fourth-order valence-electron chi connectivity index (χ4n) is 3.95. The molecule has 1 aliphatic carbocycles. The van der Waals surface area contributed by atoms with Crippen molar-refractivity contribution in [1.82, 2.24) is 19.6 Å². The van der Waals surface area contributed by atoms with Gasteiger partial charge in [-0.25, -0.2) is 24.8 Å². The predicted molar refractivity (Wildman–Crippen MR) is 129 cm³/mol. The van der Waals surface area contributed by atoms with Gasteiger partial charge in [-0.05, 0) is 52.5 Å². The van der Waals surface area contributed by atoms with Crippen molar-refractivity contribution in [2.24, 2.45) is 5.73 Å². The first-order chi connectivity index (χ1) is 15.8. The Hall–Kier alpha value is -2.86. The molecule has 2 aromatic rings. The Balaban J connectivity index is 2.09. The summed E-state index contributed by atoms with van der Waals surface area (Å²) in [7, 11) is 1.55. The standard InChI is InChI=1S/C22H33N5O6S/c1-7-22(8-9-22)27-16(28)15-13(2)14(34-17(15)25(20(27)31)10-11-32-6)12-26(18(23)29)24-19(30)33-21(3,4)5/h7-12H2,1-6H3,(H2,23,29)(H,24,30). The van der Waals surface area contributed by atoms with Gasteiger partial charge in [0.15, 0.2) is 0 Å². The number of hydrogen-bond donors (Lipinski definition) is 2. The molecule has 0 spiro atoms. The largest absolute Gasteiger partial charge is 0.443 e. The number of methoxy groups -OCH3 is 1. The van der Waals surface area contributed by atoms with Gasteiger partial charge < -0.3 is 15.2 Å². The summed E-state index contributed by atoms with van der Waals surface area (Å²) in [6.45, 7) is 9.33. The third-order valence-electron chi connectivity index (χ3n) is 5.98. The van der Waals surface area contributed by atoms with E-state index in [1.807, 2.05) is 6.92 Å². The fraction of sp³-hybridized carbons (Fsp3) is 0.636. The number of rotatable bonds is 7. The van der Waals surface area contributed by atoms with Gasteiger partial charge in [-0.1, -0.05) is 6.92 Å². The van der Waals surface area contributed by atoms with Crippen LogP contribution in [0.25, 0.3) is 10.2 Å². The van der Waals surface area contributed by atoms with Gasteiger partial charge in [-0.15, -0.1) is 11.3 Å². The molecule has 0 atom stereocenters. The Morgan fingerprint density at radius 1 is 1.26 bits per heavy atom. The summed E-state index contributed by atoms with van der Waals surface area (Å²) in [5.41, 5.74) is 6.56. The Kier molecular flexibility index (Phi) is 7.13. The van der Waals surface area contributed by atoms with Crippen LogP contribution in [0.5, 0.6) is 0 Å². The second kappa shape index (κ2) is 9.41. The summed E-state index contributed by atoms with van der Waals surface area (Å²) in [6.07, 6.45) is 1.41. The number of nitrogens with zero attached hydrogens (tertiary/aromatic N) is 3. The molecule has 2 aromatic heterocycles. The number of aromatic nitrogens is 2. The quantitative estimate of drug-likeness (QED) is 0.566. The lowest BCUT2D eigenvalue weighted by Crippen LogP contribution is -2.49. The van der Waals surface area contributed by atoms with Gasteiger partial charge in [0.05, 0.1) is 30.6 Å². The van der Waals surface area contributed by atoms with Crippen molar-refractivity contribution in [1.29, 1.82) is 0 Å². The van der Waals surface area contributed by atoms with E-state index in [1.54, 1.807) is 39.4 Å². The highest BCUT2D eigenvalue weighted by molar-refractivity contribution is 7.18. The number of hydrogen-bond acceptors (Lipinski definition) is 7. The van der Waals surface area contributed by atoms with E-state index < -0.39 is 23.3 Å². The minimum atomic E-state index is -0.889. The van der Waals surface area contributed by atoms with Crippen molar-refractivity contribution in [3.05, 3.63) is 31.3 Å². The summed E-state index contributed by atoms with van der Waals surface area (Å²) in [6, 6.07) is -0.889. The molecule has 0 aliphatic heterocycles. The number of amides is 3. The van der Waals surface area contributed by atoms with E-state index >= 15 is 0 Å². The van der Waals surface area contributed by atoms with Gasteiger partial charge in [-0.3, -0.25) is 13.9 Å². The maximum Gasteiger partial charge on any atom is 0.426 e. The van der Waals surface area contributed by atoms with Crippen LogP contribution in [-0.4, -0.2) is 45.6 Å². The number of urea groups is 1. The third-order valence-corrected chi connectivity index (χ3v) is 7.28. The summed E-state index contributed by atoms with van der Waals surface area (Å²) in [4.78, 5) is 52.3. The smallest absolute Gasteiger partial charge is 0.426 e. The number of carbonyl (C=O) groups is 2. The molecular formula is C22H33N5O6S. The maximum absolute atomic E-state index is 13.5. The van der Waals surface area contributed by atoms with E-state index in [2.05, 4.69) is 5.43 Å². The number of hydrazine groups is 1. The zero-order valence-corrected chi connectivity index (χ0v) is 21.3. The van der Waals surface area contributed by atoms with Gasteiger partial charge in [0.25, 0.3) is 5.56 Å². The molecule has 1 aliphatic rings. The van der Waals surface area contributed by atoms with E-state index in [0.717, 1.165) is 17.9 Å². The second-order valence-electron chi connectivity index (χ2n) is 9.51. The monoisotopic (exact) mass is 495 g/mol. The fourth-order valence-corrected chi connectivity index (χ4v) is 5.25. The van der Waals surface area contributed by atoms with Crippen LogP contribution in [-0.2, 0) is 28.1 Å². The molecule has 2 heterocycles. The number of ether oxygens (including phenoxy) is 2. The van der Waals surface area contributed by atoms with Gasteiger partial charge in [0, 0.05) is 12.0 Å². The van der Waals surface area contributed by atoms with Crippen molar-refractivity contribution >= 4 is 33.7 Å². The van der Waals surface area contributed by atoms with E-state index in [9.17, 15) is 19.2 Å². The predicted octanol–water partition coefficient (Wildman–Crippen LogP) is 2.40. The first-order valence-corrected chi connectivity index (χ1v) is 12.0. The van der Waals surface area contributed by atoms with Crippen LogP contribution < -0.4 is 22.4 Å². The Bertz CT molecular complexity index is 1220. The normalized spacial score (nSPS) is 14.8. The zero-order valence-electron chi connectivity index (χ0n) is 20.5.